The fourth-order valence-electron chi connectivity index (χ4n) is 2.14. The van der Waals surface area contributed by atoms with Crippen molar-refractivity contribution < 1.29 is 17.9 Å². The molecule has 0 N–H and O–H groups in total. The number of carbonyl (C=O) groups excluding carboxylic acids is 1. The van der Waals surface area contributed by atoms with Crippen LogP contribution in [-0.2, 0) is 14.6 Å². The van der Waals surface area contributed by atoms with Crippen LogP contribution in [0.15, 0.2) is 47.4 Å². The molecule has 0 aliphatic heterocycles. The first-order valence-electron chi connectivity index (χ1n) is 6.96. The van der Waals surface area contributed by atoms with Gasteiger partial charge in [0.1, 0.15) is 6.10 Å². The monoisotopic (exact) mass is 352 g/mol. The van der Waals surface area contributed by atoms with Crippen LogP contribution in [-0.4, -0.2) is 20.6 Å². The van der Waals surface area contributed by atoms with Gasteiger partial charge in [0.25, 0.3) is 0 Å². The van der Waals surface area contributed by atoms with Gasteiger partial charge in [0.15, 0.2) is 9.84 Å². The topological polar surface area (TPSA) is 60.4 Å². The molecule has 6 heteroatoms. The van der Waals surface area contributed by atoms with Crippen LogP contribution in [0.4, 0.5) is 0 Å². The highest BCUT2D eigenvalue weighted by Gasteiger charge is 2.19. The normalized spacial score (nSPS) is 12.7. The minimum Gasteiger partial charge on any atom is -0.454 e. The molecule has 0 radical (unpaired) electrons. The number of hydrogen-bond acceptors (Lipinski definition) is 4. The molecule has 2 aromatic carbocycles. The van der Waals surface area contributed by atoms with E-state index >= 15 is 0 Å². The Labute approximate surface area is 141 Å². The Hall–Kier alpha value is -1.85. The van der Waals surface area contributed by atoms with Gasteiger partial charge in [0.05, 0.1) is 10.5 Å². The van der Waals surface area contributed by atoms with Crippen molar-refractivity contribution in [2.45, 2.75) is 24.8 Å². The molecule has 0 spiro atoms. The van der Waals surface area contributed by atoms with Crippen LogP contribution in [0.3, 0.4) is 0 Å². The maximum atomic E-state index is 12.4. The summed E-state index contributed by atoms with van der Waals surface area (Å²) >= 11 is 6.09. The van der Waals surface area contributed by atoms with E-state index in [1.165, 1.54) is 12.1 Å². The summed E-state index contributed by atoms with van der Waals surface area (Å²) in [6, 6.07) is 11.5. The van der Waals surface area contributed by atoms with Crippen LogP contribution < -0.4 is 0 Å². The summed E-state index contributed by atoms with van der Waals surface area (Å²) in [6.45, 7) is 3.44. The smallest absolute Gasteiger partial charge is 0.339 e. The quantitative estimate of drug-likeness (QED) is 0.781. The van der Waals surface area contributed by atoms with Gasteiger partial charge in [-0.2, -0.15) is 0 Å². The van der Waals surface area contributed by atoms with Crippen molar-refractivity contribution in [3.8, 4) is 0 Å². The van der Waals surface area contributed by atoms with Crippen LogP contribution in [0, 0.1) is 6.92 Å². The number of aryl methyl sites for hydroxylation is 1. The molecule has 1 atom stereocenters. The van der Waals surface area contributed by atoms with E-state index in [0.717, 1.165) is 6.26 Å². The number of benzene rings is 2. The number of hydrogen-bond donors (Lipinski definition) is 0. The van der Waals surface area contributed by atoms with Crippen molar-refractivity contribution in [1.29, 1.82) is 0 Å². The number of sulfone groups is 1. The van der Waals surface area contributed by atoms with Crippen LogP contribution in [0.2, 0.25) is 5.02 Å². The Bertz CT molecular complexity index is 843. The Morgan fingerprint density at radius 3 is 2.43 bits per heavy atom. The third-order valence-electron chi connectivity index (χ3n) is 3.48. The molecule has 0 fully saturated rings. The van der Waals surface area contributed by atoms with Gasteiger partial charge in [-0.25, -0.2) is 13.2 Å². The minimum atomic E-state index is -3.39. The fraction of sp³-hybridized carbons (Fsp3) is 0.235. The molecule has 0 unspecified atom stereocenters. The molecule has 0 saturated heterocycles. The van der Waals surface area contributed by atoms with Crippen LogP contribution in [0.5, 0.6) is 0 Å². The lowest BCUT2D eigenvalue weighted by molar-refractivity contribution is 0.0337. The second kappa shape index (κ2) is 6.72. The van der Waals surface area contributed by atoms with Gasteiger partial charge >= 0.3 is 5.97 Å². The van der Waals surface area contributed by atoms with E-state index in [0.29, 0.717) is 16.1 Å². The van der Waals surface area contributed by atoms with E-state index in [1.54, 1.807) is 44.2 Å². The molecule has 0 bridgehead atoms. The van der Waals surface area contributed by atoms with Gasteiger partial charge in [0, 0.05) is 16.8 Å². The molecule has 4 nitrogen and oxygen atoms in total. The summed E-state index contributed by atoms with van der Waals surface area (Å²) in [6.07, 6.45) is 0.552. The first kappa shape index (κ1) is 17.5. The SMILES string of the molecule is Cc1ccc(S(C)(=O)=O)cc1C(=O)O[C@@H](C)c1ccccc1Cl. The average Bonchev–Trinajstić information content (AvgIpc) is 2.46. The summed E-state index contributed by atoms with van der Waals surface area (Å²) in [7, 11) is -3.39. The van der Waals surface area contributed by atoms with E-state index < -0.39 is 21.9 Å². The second-order valence-electron chi connectivity index (χ2n) is 5.32. The van der Waals surface area contributed by atoms with Crippen LogP contribution >= 0.6 is 11.6 Å². The van der Waals surface area contributed by atoms with Gasteiger partial charge in [-0.05, 0) is 37.6 Å². The summed E-state index contributed by atoms with van der Waals surface area (Å²) in [4.78, 5) is 12.5. The lowest BCUT2D eigenvalue weighted by Gasteiger charge is -2.16. The molecule has 0 saturated carbocycles. The van der Waals surface area contributed by atoms with Crippen molar-refractivity contribution in [1.82, 2.24) is 0 Å². The maximum Gasteiger partial charge on any atom is 0.339 e. The minimum absolute atomic E-state index is 0.0837. The summed E-state index contributed by atoms with van der Waals surface area (Å²) < 4.78 is 28.7. The number of ether oxygens (including phenoxy) is 1. The van der Waals surface area contributed by atoms with Crippen LogP contribution in [0.1, 0.15) is 34.5 Å². The fourth-order valence-corrected chi connectivity index (χ4v) is 3.08. The predicted octanol–water partition coefficient (Wildman–Crippen LogP) is 3.97. The third-order valence-corrected chi connectivity index (χ3v) is 4.94. The van der Waals surface area contributed by atoms with E-state index in [4.69, 9.17) is 16.3 Å². The molecule has 0 aliphatic rings. The van der Waals surface area contributed by atoms with Gasteiger partial charge < -0.3 is 4.74 Å². The number of rotatable bonds is 4. The number of esters is 1. The molecular formula is C17H17ClO4S. The lowest BCUT2D eigenvalue weighted by atomic mass is 10.1. The van der Waals surface area contributed by atoms with E-state index in [1.807, 2.05) is 0 Å². The van der Waals surface area contributed by atoms with Gasteiger partial charge in [-0.1, -0.05) is 35.9 Å². The standard InChI is InChI=1S/C17H17ClO4S/c1-11-8-9-13(23(3,20)21)10-15(11)17(19)22-12(2)14-6-4-5-7-16(14)18/h4-10,12H,1-3H3/t12-/m0/s1. The third kappa shape index (κ3) is 4.12. The predicted molar refractivity (Wildman–Crippen MR) is 89.6 cm³/mol. The van der Waals surface area contributed by atoms with E-state index in [2.05, 4.69) is 0 Å². The van der Waals surface area contributed by atoms with Gasteiger partial charge in [-0.15, -0.1) is 0 Å². The Balaban J connectivity index is 2.29. The second-order valence-corrected chi connectivity index (χ2v) is 7.74. The molecular weight excluding hydrogens is 336 g/mol. The molecule has 0 aromatic heterocycles. The maximum absolute atomic E-state index is 12.4. The van der Waals surface area contributed by atoms with Crippen molar-refractivity contribution in [3.63, 3.8) is 0 Å². The largest absolute Gasteiger partial charge is 0.454 e. The summed E-state index contributed by atoms with van der Waals surface area (Å²) in [5, 5.41) is 0.509. The molecule has 0 amide bonds. The lowest BCUT2D eigenvalue weighted by Crippen LogP contribution is -2.12. The first-order chi connectivity index (χ1) is 10.7. The van der Waals surface area contributed by atoms with Crippen molar-refractivity contribution in [3.05, 3.63) is 64.2 Å². The molecule has 23 heavy (non-hydrogen) atoms. The Kier molecular flexibility index (Phi) is 5.12. The number of halogens is 1. The zero-order valence-electron chi connectivity index (χ0n) is 13.0. The Morgan fingerprint density at radius 2 is 1.83 bits per heavy atom. The molecule has 0 aliphatic carbocycles. The average molecular weight is 353 g/mol. The zero-order valence-corrected chi connectivity index (χ0v) is 14.6. The van der Waals surface area contributed by atoms with E-state index in [9.17, 15) is 13.2 Å². The molecule has 122 valence electrons. The zero-order chi connectivity index (χ0) is 17.2. The molecule has 2 aromatic rings. The highest BCUT2D eigenvalue weighted by molar-refractivity contribution is 7.90. The number of carbonyl (C=O) groups is 1. The van der Waals surface area contributed by atoms with E-state index in [-0.39, 0.29) is 10.5 Å². The van der Waals surface area contributed by atoms with Gasteiger partial charge in [-0.3, -0.25) is 0 Å². The molecule has 0 heterocycles. The highest BCUT2D eigenvalue weighted by Crippen LogP contribution is 2.26. The Morgan fingerprint density at radius 1 is 1.17 bits per heavy atom. The first-order valence-corrected chi connectivity index (χ1v) is 9.23. The van der Waals surface area contributed by atoms with Crippen molar-refractivity contribution in [2.24, 2.45) is 0 Å². The summed E-state index contributed by atoms with van der Waals surface area (Å²) in [5.74, 6) is -0.583. The van der Waals surface area contributed by atoms with Gasteiger partial charge in [0.2, 0.25) is 0 Å². The van der Waals surface area contributed by atoms with Crippen LogP contribution in [0.25, 0.3) is 0 Å². The van der Waals surface area contributed by atoms with Crippen molar-refractivity contribution in [2.75, 3.05) is 6.26 Å². The van der Waals surface area contributed by atoms with Crippen molar-refractivity contribution >= 4 is 27.4 Å². The summed E-state index contributed by atoms with van der Waals surface area (Å²) in [5.41, 5.74) is 1.57. The highest BCUT2D eigenvalue weighted by atomic mass is 35.5. The molecule has 2 rings (SSSR count).